The molecule has 0 amide bonds. The highest BCUT2D eigenvalue weighted by molar-refractivity contribution is 5.91. The first kappa shape index (κ1) is 20.3. The molecule has 1 aliphatic carbocycles. The number of nitrogens with one attached hydrogen (secondary N) is 2. The summed E-state index contributed by atoms with van der Waals surface area (Å²) in [5, 5.41) is 17.0. The molecule has 4 rings (SSSR count). The van der Waals surface area contributed by atoms with Gasteiger partial charge in [0, 0.05) is 24.3 Å². The number of allylic oxidation sites excluding steroid dienone is 2. The van der Waals surface area contributed by atoms with Crippen LogP contribution >= 0.6 is 0 Å². The number of aliphatic hydroxyl groups is 1. The molecule has 0 spiro atoms. The van der Waals surface area contributed by atoms with Crippen LogP contribution in [-0.4, -0.2) is 50.7 Å². The summed E-state index contributed by atoms with van der Waals surface area (Å²) in [7, 11) is 1.62. The number of methoxy groups -OCH3 is 1. The summed E-state index contributed by atoms with van der Waals surface area (Å²) in [5.74, 6) is 2.23. The summed E-state index contributed by atoms with van der Waals surface area (Å²) in [6.07, 6.45) is 6.76. The lowest BCUT2D eigenvalue weighted by Crippen LogP contribution is -2.33. The molecule has 2 aromatic carbocycles. The molecule has 0 radical (unpaired) electrons. The molecule has 0 saturated heterocycles. The number of para-hydroxylation sites is 2. The van der Waals surface area contributed by atoms with Crippen molar-refractivity contribution in [1.82, 2.24) is 5.32 Å². The predicted molar refractivity (Wildman–Crippen MR) is 118 cm³/mol. The quantitative estimate of drug-likeness (QED) is 0.524. The van der Waals surface area contributed by atoms with Gasteiger partial charge in [-0.25, -0.2) is 0 Å². The summed E-state index contributed by atoms with van der Waals surface area (Å²) in [6.45, 7) is 1.75. The standard InChI is InChI=1S/C24H28N2O4/c1-28-21-10-4-5-11-22(21)29-14-13-25-15-17(27)16-30-23-12-6-9-20-24(23)18-7-2-3-8-19(18)26-20/h2-7,9-12,17,19,25-27H,8,13-16H2,1H3. The molecule has 3 N–H and O–H groups in total. The minimum atomic E-state index is -0.613. The average Bonchev–Trinajstić information content (AvgIpc) is 3.17. The van der Waals surface area contributed by atoms with Crippen molar-refractivity contribution < 1.29 is 19.3 Å². The van der Waals surface area contributed by atoms with E-state index < -0.39 is 6.10 Å². The highest BCUT2D eigenvalue weighted by Crippen LogP contribution is 2.43. The molecular formula is C24H28N2O4. The number of hydrogen-bond donors (Lipinski definition) is 3. The van der Waals surface area contributed by atoms with Crippen molar-refractivity contribution in [3.05, 3.63) is 66.3 Å². The van der Waals surface area contributed by atoms with Gasteiger partial charge in [0.15, 0.2) is 11.5 Å². The number of rotatable bonds is 10. The summed E-state index contributed by atoms with van der Waals surface area (Å²) >= 11 is 0. The van der Waals surface area contributed by atoms with Crippen LogP contribution in [0.5, 0.6) is 17.2 Å². The number of aliphatic hydroxyl groups excluding tert-OH is 1. The van der Waals surface area contributed by atoms with Crippen LogP contribution in [-0.2, 0) is 0 Å². The molecule has 0 fully saturated rings. The second kappa shape index (κ2) is 9.69. The van der Waals surface area contributed by atoms with E-state index in [0.29, 0.717) is 37.2 Å². The second-order valence-corrected chi connectivity index (χ2v) is 7.33. The van der Waals surface area contributed by atoms with Crippen LogP contribution in [0.1, 0.15) is 12.0 Å². The van der Waals surface area contributed by atoms with E-state index in [4.69, 9.17) is 14.2 Å². The van der Waals surface area contributed by atoms with Crippen LogP contribution in [0.3, 0.4) is 0 Å². The van der Waals surface area contributed by atoms with Gasteiger partial charge < -0.3 is 30.0 Å². The molecule has 1 aliphatic heterocycles. The van der Waals surface area contributed by atoms with Gasteiger partial charge in [0.1, 0.15) is 25.1 Å². The first-order valence-electron chi connectivity index (χ1n) is 10.3. The smallest absolute Gasteiger partial charge is 0.161 e. The van der Waals surface area contributed by atoms with Crippen molar-refractivity contribution >= 4 is 11.3 Å². The van der Waals surface area contributed by atoms with E-state index in [1.807, 2.05) is 36.4 Å². The topological polar surface area (TPSA) is 72.0 Å². The van der Waals surface area contributed by atoms with Gasteiger partial charge in [-0.15, -0.1) is 0 Å². The Morgan fingerprint density at radius 3 is 2.80 bits per heavy atom. The van der Waals surface area contributed by atoms with E-state index in [1.54, 1.807) is 7.11 Å². The Bertz CT molecular complexity index is 925. The van der Waals surface area contributed by atoms with Gasteiger partial charge in [0.05, 0.1) is 13.2 Å². The van der Waals surface area contributed by atoms with Crippen molar-refractivity contribution in [2.24, 2.45) is 0 Å². The number of ether oxygens (including phenoxy) is 3. The number of hydrogen-bond acceptors (Lipinski definition) is 6. The molecule has 2 atom stereocenters. The van der Waals surface area contributed by atoms with E-state index >= 15 is 0 Å². The van der Waals surface area contributed by atoms with Crippen molar-refractivity contribution in [1.29, 1.82) is 0 Å². The molecule has 30 heavy (non-hydrogen) atoms. The SMILES string of the molecule is COc1ccccc1OCCNCC(O)COc1cccc2c1C1=CC=CCC1N2. The highest BCUT2D eigenvalue weighted by Gasteiger charge is 2.29. The molecule has 2 aliphatic rings. The maximum atomic E-state index is 10.3. The lowest BCUT2D eigenvalue weighted by Gasteiger charge is -2.17. The van der Waals surface area contributed by atoms with Crippen LogP contribution in [0.2, 0.25) is 0 Å². The maximum absolute atomic E-state index is 10.3. The van der Waals surface area contributed by atoms with Crippen molar-refractivity contribution in [2.45, 2.75) is 18.6 Å². The fourth-order valence-corrected chi connectivity index (χ4v) is 3.77. The molecule has 1 heterocycles. The molecule has 0 saturated carbocycles. The second-order valence-electron chi connectivity index (χ2n) is 7.33. The van der Waals surface area contributed by atoms with E-state index in [0.717, 1.165) is 23.4 Å². The summed E-state index contributed by atoms with van der Waals surface area (Å²) < 4.78 is 17.0. The predicted octanol–water partition coefficient (Wildman–Crippen LogP) is 3.24. The van der Waals surface area contributed by atoms with Crippen LogP contribution in [0.25, 0.3) is 5.57 Å². The van der Waals surface area contributed by atoms with E-state index in [1.165, 1.54) is 5.57 Å². The van der Waals surface area contributed by atoms with Gasteiger partial charge in [-0.2, -0.15) is 0 Å². The Kier molecular flexibility index (Phi) is 6.57. The molecule has 6 heteroatoms. The molecular weight excluding hydrogens is 380 g/mol. The zero-order valence-corrected chi connectivity index (χ0v) is 17.1. The Morgan fingerprint density at radius 2 is 1.93 bits per heavy atom. The summed E-state index contributed by atoms with van der Waals surface area (Å²) in [5.41, 5.74) is 3.45. The van der Waals surface area contributed by atoms with Crippen molar-refractivity contribution in [3.8, 4) is 17.2 Å². The molecule has 6 nitrogen and oxygen atoms in total. The fourth-order valence-electron chi connectivity index (χ4n) is 3.77. The Labute approximate surface area is 177 Å². The first-order chi connectivity index (χ1) is 14.8. The minimum absolute atomic E-state index is 0.227. The Hall–Kier alpha value is -2.96. The molecule has 2 unspecified atom stereocenters. The van der Waals surface area contributed by atoms with E-state index in [-0.39, 0.29) is 6.61 Å². The molecule has 0 aromatic heterocycles. The largest absolute Gasteiger partial charge is 0.493 e. The lowest BCUT2D eigenvalue weighted by molar-refractivity contribution is 0.105. The van der Waals surface area contributed by atoms with Crippen LogP contribution in [0.15, 0.2) is 60.7 Å². The van der Waals surface area contributed by atoms with Gasteiger partial charge >= 0.3 is 0 Å². The molecule has 2 aromatic rings. The molecule has 0 bridgehead atoms. The van der Waals surface area contributed by atoms with Crippen LogP contribution in [0, 0.1) is 0 Å². The Balaban J connectivity index is 1.22. The number of fused-ring (bicyclic) bond motifs is 3. The van der Waals surface area contributed by atoms with Crippen LogP contribution in [0.4, 0.5) is 5.69 Å². The van der Waals surface area contributed by atoms with Gasteiger partial charge in [0.2, 0.25) is 0 Å². The monoisotopic (exact) mass is 408 g/mol. The first-order valence-corrected chi connectivity index (χ1v) is 10.3. The van der Waals surface area contributed by atoms with Crippen molar-refractivity contribution in [2.75, 3.05) is 38.7 Å². The van der Waals surface area contributed by atoms with Crippen molar-refractivity contribution in [3.63, 3.8) is 0 Å². The Morgan fingerprint density at radius 1 is 1.10 bits per heavy atom. The summed E-state index contributed by atoms with van der Waals surface area (Å²) in [6, 6.07) is 13.9. The lowest BCUT2D eigenvalue weighted by atomic mass is 9.96. The summed E-state index contributed by atoms with van der Waals surface area (Å²) in [4.78, 5) is 0. The average molecular weight is 408 g/mol. The minimum Gasteiger partial charge on any atom is -0.493 e. The molecule has 158 valence electrons. The van der Waals surface area contributed by atoms with Gasteiger partial charge in [-0.3, -0.25) is 0 Å². The fraction of sp³-hybridized carbons (Fsp3) is 0.333. The van der Waals surface area contributed by atoms with E-state index in [9.17, 15) is 5.11 Å². The maximum Gasteiger partial charge on any atom is 0.161 e. The number of benzene rings is 2. The van der Waals surface area contributed by atoms with E-state index in [2.05, 4.69) is 34.9 Å². The van der Waals surface area contributed by atoms with Gasteiger partial charge in [-0.1, -0.05) is 36.4 Å². The third-order valence-corrected chi connectivity index (χ3v) is 5.22. The zero-order chi connectivity index (χ0) is 20.8. The third-order valence-electron chi connectivity index (χ3n) is 5.22. The number of anilines is 1. The normalized spacial score (nSPS) is 17.4. The highest BCUT2D eigenvalue weighted by atomic mass is 16.5. The van der Waals surface area contributed by atoms with Gasteiger partial charge in [-0.05, 0) is 36.3 Å². The van der Waals surface area contributed by atoms with Crippen LogP contribution < -0.4 is 24.8 Å². The van der Waals surface area contributed by atoms with Gasteiger partial charge in [0.25, 0.3) is 0 Å². The third kappa shape index (κ3) is 4.61. The zero-order valence-electron chi connectivity index (χ0n) is 17.1.